The van der Waals surface area contributed by atoms with E-state index in [9.17, 15) is 4.79 Å². The molecule has 4 rings (SSSR count). The van der Waals surface area contributed by atoms with E-state index < -0.39 is 0 Å². The van der Waals surface area contributed by atoms with Crippen molar-refractivity contribution in [1.29, 1.82) is 0 Å². The van der Waals surface area contributed by atoms with Crippen molar-refractivity contribution in [3.8, 4) is 11.3 Å². The van der Waals surface area contributed by atoms with Gasteiger partial charge < -0.3 is 14.1 Å². The van der Waals surface area contributed by atoms with E-state index in [-0.39, 0.29) is 5.97 Å². The SMILES string of the molecule is CCN=c1ccc2c(C3=C(C(=O)OCC)CCC=C3)c3ccc(N(CC)CC)cc3oc-2c1. The first-order valence-corrected chi connectivity index (χ1v) is 11.9. The number of ether oxygens (including phenoxy) is 1. The molecule has 2 aliphatic carbocycles. The highest BCUT2D eigenvalue weighted by atomic mass is 16.5. The van der Waals surface area contributed by atoms with Crippen molar-refractivity contribution in [2.24, 2.45) is 4.99 Å². The normalized spacial score (nSPS) is 14.4. The molecule has 0 bridgehead atoms. The number of fused-ring (bicyclic) bond motifs is 2. The summed E-state index contributed by atoms with van der Waals surface area (Å²) in [6.07, 6.45) is 5.69. The molecule has 5 nitrogen and oxygen atoms in total. The fourth-order valence-corrected chi connectivity index (χ4v) is 4.55. The summed E-state index contributed by atoms with van der Waals surface area (Å²) in [5, 5.41) is 1.87. The second-order valence-electron chi connectivity index (χ2n) is 8.04. The third-order valence-electron chi connectivity index (χ3n) is 6.12. The Balaban J connectivity index is 2.06. The fourth-order valence-electron chi connectivity index (χ4n) is 4.55. The van der Waals surface area contributed by atoms with Gasteiger partial charge in [-0.1, -0.05) is 12.2 Å². The summed E-state index contributed by atoms with van der Waals surface area (Å²) in [7, 11) is 0. The first kappa shape index (κ1) is 22.8. The number of anilines is 1. The summed E-state index contributed by atoms with van der Waals surface area (Å²) in [5.41, 5.74) is 5.54. The topological polar surface area (TPSA) is 55.0 Å². The molecule has 1 aromatic carbocycles. The lowest BCUT2D eigenvalue weighted by atomic mass is 9.86. The molecule has 1 heterocycles. The molecule has 33 heavy (non-hydrogen) atoms. The molecule has 0 atom stereocenters. The van der Waals surface area contributed by atoms with Gasteiger partial charge in [-0.15, -0.1) is 0 Å². The first-order valence-electron chi connectivity index (χ1n) is 11.9. The lowest BCUT2D eigenvalue weighted by Crippen LogP contribution is -2.21. The van der Waals surface area contributed by atoms with E-state index in [2.05, 4.69) is 60.2 Å². The Morgan fingerprint density at radius 1 is 1.09 bits per heavy atom. The van der Waals surface area contributed by atoms with Crippen molar-refractivity contribution in [2.75, 3.05) is 31.1 Å². The highest BCUT2D eigenvalue weighted by molar-refractivity contribution is 6.08. The molecule has 0 fully saturated rings. The van der Waals surface area contributed by atoms with Gasteiger partial charge in [0, 0.05) is 59.5 Å². The number of hydrogen-bond acceptors (Lipinski definition) is 5. The fraction of sp³-hybridized carbons (Fsp3) is 0.357. The van der Waals surface area contributed by atoms with Crippen LogP contribution in [0.25, 0.3) is 27.9 Å². The second kappa shape index (κ2) is 10.1. The average molecular weight is 445 g/mol. The number of nitrogens with zero attached hydrogens (tertiary/aromatic N) is 2. The van der Waals surface area contributed by atoms with E-state index in [1.165, 1.54) is 0 Å². The summed E-state index contributed by atoms with van der Waals surface area (Å²) in [6, 6.07) is 12.4. The van der Waals surface area contributed by atoms with Gasteiger partial charge in [0.1, 0.15) is 11.3 Å². The van der Waals surface area contributed by atoms with Gasteiger partial charge in [0.15, 0.2) is 0 Å². The van der Waals surface area contributed by atoms with Gasteiger partial charge in [-0.25, -0.2) is 4.79 Å². The van der Waals surface area contributed by atoms with Crippen LogP contribution in [0.1, 0.15) is 46.1 Å². The van der Waals surface area contributed by atoms with Crippen LogP contribution in [0.5, 0.6) is 0 Å². The Morgan fingerprint density at radius 3 is 2.64 bits per heavy atom. The van der Waals surface area contributed by atoms with E-state index >= 15 is 0 Å². The summed E-state index contributed by atoms with van der Waals surface area (Å²) in [6.45, 7) is 11.1. The molecule has 0 unspecified atom stereocenters. The maximum atomic E-state index is 12.9. The van der Waals surface area contributed by atoms with Gasteiger partial charge in [-0.3, -0.25) is 4.99 Å². The van der Waals surface area contributed by atoms with Gasteiger partial charge in [0.05, 0.1) is 12.0 Å². The predicted molar refractivity (Wildman–Crippen MR) is 134 cm³/mol. The van der Waals surface area contributed by atoms with Crippen molar-refractivity contribution in [3.63, 3.8) is 0 Å². The molecular weight excluding hydrogens is 412 g/mol. The van der Waals surface area contributed by atoms with Crippen LogP contribution in [0.3, 0.4) is 0 Å². The van der Waals surface area contributed by atoms with Crippen molar-refractivity contribution in [1.82, 2.24) is 0 Å². The molecule has 1 aromatic rings. The number of esters is 1. The van der Waals surface area contributed by atoms with Gasteiger partial charge >= 0.3 is 5.97 Å². The monoisotopic (exact) mass is 444 g/mol. The summed E-state index contributed by atoms with van der Waals surface area (Å²) in [4.78, 5) is 19.7. The van der Waals surface area contributed by atoms with E-state index in [0.29, 0.717) is 19.6 Å². The summed E-state index contributed by atoms with van der Waals surface area (Å²) >= 11 is 0. The zero-order valence-corrected chi connectivity index (χ0v) is 20.0. The predicted octanol–water partition coefficient (Wildman–Crippen LogP) is 5.97. The first-order chi connectivity index (χ1) is 16.1. The maximum absolute atomic E-state index is 12.9. The van der Waals surface area contributed by atoms with Crippen molar-refractivity contribution >= 4 is 28.2 Å². The second-order valence-corrected chi connectivity index (χ2v) is 8.04. The van der Waals surface area contributed by atoms with Crippen molar-refractivity contribution in [2.45, 2.75) is 40.5 Å². The minimum atomic E-state index is -0.240. The molecular formula is C28H32N2O3. The number of rotatable bonds is 7. The quantitative estimate of drug-likeness (QED) is 0.333. The molecule has 0 radical (unpaired) electrons. The molecule has 0 saturated carbocycles. The van der Waals surface area contributed by atoms with Crippen LogP contribution in [-0.2, 0) is 9.53 Å². The van der Waals surface area contributed by atoms with E-state index in [1.54, 1.807) is 0 Å². The third kappa shape index (κ3) is 4.45. The molecule has 5 heteroatoms. The number of hydrogen-bond donors (Lipinski definition) is 0. The van der Waals surface area contributed by atoms with Crippen LogP contribution in [0.15, 0.2) is 63.5 Å². The summed E-state index contributed by atoms with van der Waals surface area (Å²) < 4.78 is 11.9. The molecule has 172 valence electrons. The van der Waals surface area contributed by atoms with Crippen LogP contribution >= 0.6 is 0 Å². The minimum absolute atomic E-state index is 0.240. The number of benzene rings is 2. The zero-order chi connectivity index (χ0) is 23.4. The zero-order valence-electron chi connectivity index (χ0n) is 20.0. The largest absolute Gasteiger partial charge is 0.463 e. The Bertz CT molecular complexity index is 1260. The van der Waals surface area contributed by atoms with Crippen molar-refractivity contribution in [3.05, 3.63) is 65.0 Å². The Labute approximate surface area is 195 Å². The molecule has 0 spiro atoms. The van der Waals surface area contributed by atoms with Gasteiger partial charge in [-0.05, 0) is 70.4 Å². The van der Waals surface area contributed by atoms with Crippen LogP contribution < -0.4 is 10.3 Å². The molecule has 0 amide bonds. The maximum Gasteiger partial charge on any atom is 0.334 e. The van der Waals surface area contributed by atoms with Crippen LogP contribution in [0.2, 0.25) is 0 Å². The lowest BCUT2D eigenvalue weighted by molar-refractivity contribution is -0.138. The minimum Gasteiger partial charge on any atom is -0.463 e. The van der Waals surface area contributed by atoms with Crippen LogP contribution in [0.4, 0.5) is 5.69 Å². The number of carbonyl (C=O) groups is 1. The van der Waals surface area contributed by atoms with E-state index in [0.717, 1.165) is 69.6 Å². The number of carbonyl (C=O) groups excluding carboxylic acids is 1. The molecule has 0 aromatic heterocycles. The van der Waals surface area contributed by atoms with Gasteiger partial charge in [0.2, 0.25) is 0 Å². The molecule has 3 aliphatic rings. The summed E-state index contributed by atoms with van der Waals surface area (Å²) in [5.74, 6) is 0.523. The van der Waals surface area contributed by atoms with Gasteiger partial charge in [0.25, 0.3) is 0 Å². The molecule has 1 aliphatic heterocycles. The highest BCUT2D eigenvalue weighted by Gasteiger charge is 2.25. The van der Waals surface area contributed by atoms with Crippen molar-refractivity contribution < 1.29 is 13.9 Å². The Hall–Kier alpha value is -3.34. The third-order valence-corrected chi connectivity index (χ3v) is 6.12. The molecule has 0 N–H and O–H groups in total. The number of allylic oxidation sites excluding steroid dienone is 3. The Kier molecular flexibility index (Phi) is 6.97. The van der Waals surface area contributed by atoms with E-state index in [4.69, 9.17) is 9.15 Å². The smallest absolute Gasteiger partial charge is 0.334 e. The highest BCUT2D eigenvalue weighted by Crippen LogP contribution is 2.41. The van der Waals surface area contributed by atoms with Crippen LogP contribution in [-0.4, -0.2) is 32.2 Å². The van der Waals surface area contributed by atoms with Crippen LogP contribution in [0, 0.1) is 0 Å². The lowest BCUT2D eigenvalue weighted by Gasteiger charge is -2.23. The van der Waals surface area contributed by atoms with Gasteiger partial charge in [-0.2, -0.15) is 0 Å². The Morgan fingerprint density at radius 2 is 1.91 bits per heavy atom. The van der Waals surface area contributed by atoms with E-state index in [1.807, 2.05) is 26.0 Å². The molecule has 0 saturated heterocycles. The standard InChI is InChI=1S/C28H32N2O3/c1-5-29-19-13-15-23-25(17-19)33-26-18-20(30(6-2)7-3)14-16-24(26)27(23)21-11-9-10-12-22(21)28(31)32-8-4/h9,11,13-18H,5-8,10,12H2,1-4H3. The average Bonchev–Trinajstić information content (AvgIpc) is 2.83.